The van der Waals surface area contributed by atoms with Gasteiger partial charge in [-0.1, -0.05) is 26.0 Å². The van der Waals surface area contributed by atoms with Crippen molar-refractivity contribution in [3.05, 3.63) is 41.6 Å². The third kappa shape index (κ3) is 5.37. The summed E-state index contributed by atoms with van der Waals surface area (Å²) in [5.74, 6) is -1.48. The Labute approximate surface area is 123 Å². The molecule has 0 aliphatic heterocycles. The van der Waals surface area contributed by atoms with E-state index < -0.39 is 18.4 Å². The molecule has 1 aromatic carbocycles. The van der Waals surface area contributed by atoms with Crippen LogP contribution < -0.4 is 10.6 Å². The fourth-order valence-corrected chi connectivity index (χ4v) is 1.52. The Balaban J connectivity index is 2.70. The van der Waals surface area contributed by atoms with E-state index in [1.807, 2.05) is 24.3 Å². The van der Waals surface area contributed by atoms with Gasteiger partial charge in [0.15, 0.2) is 0 Å². The van der Waals surface area contributed by atoms with Crippen molar-refractivity contribution in [2.45, 2.75) is 19.8 Å². The van der Waals surface area contributed by atoms with Crippen LogP contribution in [0.15, 0.2) is 36.0 Å². The molecule has 0 unspecified atom stereocenters. The van der Waals surface area contributed by atoms with Gasteiger partial charge in [-0.3, -0.25) is 9.59 Å². The Morgan fingerprint density at radius 2 is 1.95 bits per heavy atom. The van der Waals surface area contributed by atoms with E-state index in [1.54, 1.807) is 6.07 Å². The summed E-state index contributed by atoms with van der Waals surface area (Å²) in [4.78, 5) is 21.9. The normalized spacial score (nSPS) is 10.9. The van der Waals surface area contributed by atoms with E-state index in [0.717, 1.165) is 5.69 Å². The van der Waals surface area contributed by atoms with E-state index in [0.29, 0.717) is 5.92 Å². The summed E-state index contributed by atoms with van der Waals surface area (Å²) in [6, 6.07) is 9.32. The number of nitrogens with zero attached hydrogens (tertiary/aromatic N) is 1. The molecule has 0 radical (unpaired) electrons. The largest absolute Gasteiger partial charge is 0.480 e. The van der Waals surface area contributed by atoms with Gasteiger partial charge in [-0.15, -0.1) is 0 Å². The zero-order valence-electron chi connectivity index (χ0n) is 11.9. The second kappa shape index (κ2) is 7.70. The van der Waals surface area contributed by atoms with Crippen LogP contribution in [0.5, 0.6) is 0 Å². The van der Waals surface area contributed by atoms with Crippen molar-refractivity contribution in [2.24, 2.45) is 0 Å². The number of hydrogen-bond acceptors (Lipinski definition) is 4. The second-order valence-corrected chi connectivity index (χ2v) is 4.67. The van der Waals surface area contributed by atoms with Crippen molar-refractivity contribution < 1.29 is 14.7 Å². The maximum atomic E-state index is 11.5. The second-order valence-electron chi connectivity index (χ2n) is 4.67. The highest BCUT2D eigenvalue weighted by molar-refractivity contribution is 5.98. The predicted octanol–water partition coefficient (Wildman–Crippen LogP) is 1.83. The van der Waals surface area contributed by atoms with E-state index >= 15 is 0 Å². The first-order valence-electron chi connectivity index (χ1n) is 6.40. The lowest BCUT2D eigenvalue weighted by molar-refractivity contribution is -0.137. The summed E-state index contributed by atoms with van der Waals surface area (Å²) < 4.78 is 0. The molecule has 0 heterocycles. The van der Waals surface area contributed by atoms with E-state index in [-0.39, 0.29) is 5.57 Å². The zero-order valence-corrected chi connectivity index (χ0v) is 11.9. The van der Waals surface area contributed by atoms with Gasteiger partial charge < -0.3 is 15.7 Å². The molecule has 0 fully saturated rings. The van der Waals surface area contributed by atoms with Crippen molar-refractivity contribution in [1.29, 1.82) is 5.26 Å². The van der Waals surface area contributed by atoms with Crippen LogP contribution in [-0.4, -0.2) is 23.5 Å². The number of nitrogens with one attached hydrogen (secondary N) is 2. The maximum absolute atomic E-state index is 11.5. The molecule has 0 saturated heterocycles. The van der Waals surface area contributed by atoms with Crippen LogP contribution in [0.2, 0.25) is 0 Å². The number of hydrogen-bond donors (Lipinski definition) is 3. The molecule has 110 valence electrons. The quantitative estimate of drug-likeness (QED) is 0.547. The topological polar surface area (TPSA) is 102 Å². The molecule has 1 amide bonds. The van der Waals surface area contributed by atoms with Crippen LogP contribution >= 0.6 is 0 Å². The van der Waals surface area contributed by atoms with Crippen molar-refractivity contribution >= 4 is 17.6 Å². The van der Waals surface area contributed by atoms with Crippen LogP contribution in [0, 0.1) is 11.3 Å². The zero-order chi connectivity index (χ0) is 15.8. The summed E-state index contributed by atoms with van der Waals surface area (Å²) in [6.07, 6.45) is 1.25. The standard InChI is InChI=1S/C15H17N3O3/c1-10(2)11-3-5-13(6-4-11)17-8-12(7-16)15(21)18-9-14(19)20/h3-6,8,10,17H,9H2,1-2H3,(H,18,21)(H,19,20)/b12-8-. The molecule has 1 rings (SSSR count). The number of rotatable bonds is 6. The monoisotopic (exact) mass is 287 g/mol. The molecular weight excluding hydrogens is 270 g/mol. The lowest BCUT2D eigenvalue weighted by Gasteiger charge is -2.07. The molecule has 6 heteroatoms. The first-order chi connectivity index (χ1) is 9.93. The van der Waals surface area contributed by atoms with Crippen LogP contribution in [0.4, 0.5) is 5.69 Å². The highest BCUT2D eigenvalue weighted by Gasteiger charge is 2.09. The smallest absolute Gasteiger partial charge is 0.322 e. The Hall–Kier alpha value is -2.81. The number of nitriles is 1. The third-order valence-electron chi connectivity index (χ3n) is 2.73. The van der Waals surface area contributed by atoms with Crippen LogP contribution in [0.1, 0.15) is 25.3 Å². The lowest BCUT2D eigenvalue weighted by Crippen LogP contribution is -2.30. The first-order valence-corrected chi connectivity index (χ1v) is 6.40. The Morgan fingerprint density at radius 3 is 2.43 bits per heavy atom. The van der Waals surface area contributed by atoms with E-state index in [1.165, 1.54) is 11.8 Å². The average Bonchev–Trinajstić information content (AvgIpc) is 2.46. The van der Waals surface area contributed by atoms with Gasteiger partial charge in [-0.2, -0.15) is 5.26 Å². The highest BCUT2D eigenvalue weighted by atomic mass is 16.4. The molecular formula is C15H17N3O3. The van der Waals surface area contributed by atoms with E-state index in [9.17, 15) is 9.59 Å². The van der Waals surface area contributed by atoms with Gasteiger partial charge in [0.2, 0.25) is 0 Å². The van der Waals surface area contributed by atoms with Gasteiger partial charge in [-0.25, -0.2) is 0 Å². The molecule has 0 spiro atoms. The van der Waals surface area contributed by atoms with E-state index in [4.69, 9.17) is 10.4 Å². The molecule has 21 heavy (non-hydrogen) atoms. The SMILES string of the molecule is CC(C)c1ccc(N/C=C(/C#N)C(=O)NCC(=O)O)cc1. The number of aliphatic carboxylic acids is 1. The van der Waals surface area contributed by atoms with Gasteiger partial charge in [-0.05, 0) is 23.6 Å². The summed E-state index contributed by atoms with van der Waals surface area (Å²) in [5, 5.41) is 22.3. The Bertz CT molecular complexity index is 583. The molecule has 1 aromatic rings. The minimum atomic E-state index is -1.17. The average molecular weight is 287 g/mol. The minimum absolute atomic E-state index is 0.191. The Kier molecular flexibility index (Phi) is 5.96. The number of amides is 1. The predicted molar refractivity (Wildman–Crippen MR) is 78.5 cm³/mol. The molecule has 0 bridgehead atoms. The number of carboxylic acids is 1. The minimum Gasteiger partial charge on any atom is -0.480 e. The summed E-state index contributed by atoms with van der Waals surface area (Å²) in [6.45, 7) is 3.65. The van der Waals surface area contributed by atoms with Gasteiger partial charge in [0.1, 0.15) is 18.2 Å². The van der Waals surface area contributed by atoms with Gasteiger partial charge >= 0.3 is 5.97 Å². The van der Waals surface area contributed by atoms with Crippen LogP contribution in [0.3, 0.4) is 0 Å². The van der Waals surface area contributed by atoms with Gasteiger partial charge in [0.05, 0.1) is 0 Å². The first kappa shape index (κ1) is 16.2. The highest BCUT2D eigenvalue weighted by Crippen LogP contribution is 2.17. The summed E-state index contributed by atoms with van der Waals surface area (Å²) in [5.41, 5.74) is 1.73. The number of carbonyl (C=O) groups excluding carboxylic acids is 1. The Morgan fingerprint density at radius 1 is 1.33 bits per heavy atom. The third-order valence-corrected chi connectivity index (χ3v) is 2.73. The van der Waals surface area contributed by atoms with Gasteiger partial charge in [0, 0.05) is 11.9 Å². The van der Waals surface area contributed by atoms with Crippen molar-refractivity contribution in [3.63, 3.8) is 0 Å². The van der Waals surface area contributed by atoms with E-state index in [2.05, 4.69) is 24.5 Å². The number of carboxylic acid groups (broad SMARTS) is 1. The van der Waals surface area contributed by atoms with Crippen LogP contribution in [0.25, 0.3) is 0 Å². The summed E-state index contributed by atoms with van der Waals surface area (Å²) in [7, 11) is 0. The molecule has 3 N–H and O–H groups in total. The molecule has 6 nitrogen and oxygen atoms in total. The molecule has 0 aromatic heterocycles. The van der Waals surface area contributed by atoms with Crippen molar-refractivity contribution in [1.82, 2.24) is 5.32 Å². The number of benzene rings is 1. The fraction of sp³-hybridized carbons (Fsp3) is 0.267. The van der Waals surface area contributed by atoms with Crippen molar-refractivity contribution in [3.8, 4) is 6.07 Å². The number of carbonyl (C=O) groups is 2. The van der Waals surface area contributed by atoms with Crippen molar-refractivity contribution in [2.75, 3.05) is 11.9 Å². The maximum Gasteiger partial charge on any atom is 0.322 e. The molecule has 0 aliphatic rings. The fourth-order valence-electron chi connectivity index (χ4n) is 1.52. The summed E-state index contributed by atoms with van der Waals surface area (Å²) >= 11 is 0. The number of anilines is 1. The van der Waals surface area contributed by atoms with Gasteiger partial charge in [0.25, 0.3) is 5.91 Å². The molecule has 0 atom stereocenters. The molecule has 0 aliphatic carbocycles. The molecule has 0 saturated carbocycles. The van der Waals surface area contributed by atoms with Crippen LogP contribution in [-0.2, 0) is 9.59 Å². The lowest BCUT2D eigenvalue weighted by atomic mass is 10.0.